The Morgan fingerprint density at radius 1 is 1.11 bits per heavy atom. The van der Waals surface area contributed by atoms with E-state index in [0.29, 0.717) is 0 Å². The number of hydrogen-bond donors (Lipinski definition) is 7. The minimum atomic E-state index is -5.04. The molecule has 0 aliphatic carbocycles. The van der Waals surface area contributed by atoms with E-state index in [-0.39, 0.29) is 41.2 Å². The second kappa shape index (κ2) is 16.8. The molecular weight excluding hydrogens is 802 g/mol. The summed E-state index contributed by atoms with van der Waals surface area (Å²) in [6.07, 6.45) is -2.84. The number of aliphatic hydroxyl groups is 1. The molecule has 0 saturated carbocycles. The zero-order valence-electron chi connectivity index (χ0n) is 29.6. The fourth-order valence-electron chi connectivity index (χ4n) is 6.06. The number of nitrogen functional groups attached to an aromatic ring is 1. The Labute approximate surface area is 319 Å². The second-order valence-electron chi connectivity index (χ2n) is 12.8. The average molecular weight is 839 g/mol. The van der Waals surface area contributed by atoms with Gasteiger partial charge in [0, 0.05) is 31.4 Å². The van der Waals surface area contributed by atoms with Gasteiger partial charge in [0.05, 0.1) is 37.7 Å². The van der Waals surface area contributed by atoms with E-state index in [1.165, 1.54) is 36.5 Å². The van der Waals surface area contributed by atoms with Gasteiger partial charge in [0.1, 0.15) is 53.9 Å². The summed E-state index contributed by atoms with van der Waals surface area (Å²) in [6, 6.07) is -1.43. The first kappa shape index (κ1) is 41.5. The maximum Gasteiger partial charge on any atom is 0.472 e. The normalized spacial score (nSPS) is 24.6. The molecule has 306 valence electrons. The van der Waals surface area contributed by atoms with Crippen LogP contribution in [-0.4, -0.2) is 120 Å². The highest BCUT2D eigenvalue weighted by molar-refractivity contribution is 7.56. The number of nitrogens with zero attached hydrogens (tertiary/aromatic N) is 7. The van der Waals surface area contributed by atoms with Gasteiger partial charge >= 0.3 is 33.0 Å². The van der Waals surface area contributed by atoms with E-state index >= 15 is 0 Å². The van der Waals surface area contributed by atoms with Crippen molar-refractivity contribution in [3.05, 3.63) is 63.5 Å². The summed E-state index contributed by atoms with van der Waals surface area (Å²) in [5, 5.41) is 19.5. The van der Waals surface area contributed by atoms with E-state index in [1.54, 1.807) is 0 Å². The van der Waals surface area contributed by atoms with Crippen LogP contribution < -0.4 is 22.7 Å². The van der Waals surface area contributed by atoms with Gasteiger partial charge in [-0.25, -0.2) is 29.3 Å². The average Bonchev–Trinajstić information content (AvgIpc) is 3.93. The molecule has 9 N–H and O–H groups in total. The molecule has 5 unspecified atom stereocenters. The number of hydrogen-bond acceptors (Lipinski definition) is 18. The summed E-state index contributed by atoms with van der Waals surface area (Å²) in [4.78, 5) is 87.7. The van der Waals surface area contributed by atoms with Crippen molar-refractivity contribution in [3.8, 4) is 11.8 Å². The maximum atomic E-state index is 13.5. The highest BCUT2D eigenvalue weighted by Gasteiger charge is 2.46. The largest absolute Gasteiger partial charge is 0.481 e. The number of H-pyrrole nitrogens is 1. The number of rotatable bonds is 14. The molecule has 4 aromatic rings. The Kier molecular flexibility index (Phi) is 12.2. The maximum absolute atomic E-state index is 13.5. The lowest BCUT2D eigenvalue weighted by molar-refractivity contribution is -0.148. The Balaban J connectivity index is 1.12. The molecule has 2 aliphatic heterocycles. The number of ether oxygens (including phenoxy) is 3. The van der Waals surface area contributed by atoms with Crippen molar-refractivity contribution in [1.82, 2.24) is 38.4 Å². The molecule has 0 radical (unpaired) electrons. The van der Waals surface area contributed by atoms with Crippen LogP contribution in [0.3, 0.4) is 0 Å². The van der Waals surface area contributed by atoms with Crippen LogP contribution in [0, 0.1) is 18.8 Å². The molecule has 9 atom stereocenters. The first-order valence-electron chi connectivity index (χ1n) is 16.8. The fraction of sp³-hybridized carbons (Fsp3) is 0.467. The molecule has 0 aromatic carbocycles. The number of carbonyl (C=O) groups excluding carboxylic acids is 1. The van der Waals surface area contributed by atoms with Gasteiger partial charge < -0.3 is 45.7 Å². The van der Waals surface area contributed by atoms with Crippen LogP contribution in [0.5, 0.6) is 0 Å². The predicted molar refractivity (Wildman–Crippen MR) is 190 cm³/mol. The number of aryl methyl sites for hydroxylation is 1. The fourth-order valence-corrected chi connectivity index (χ4v) is 8.76. The number of nitrogens with one attached hydrogen (secondary N) is 1. The zero-order chi connectivity index (χ0) is 41.2. The minimum Gasteiger partial charge on any atom is -0.481 e. The summed E-state index contributed by atoms with van der Waals surface area (Å²) >= 11 is 0. The Morgan fingerprint density at radius 3 is 2.56 bits per heavy atom. The predicted octanol–water partition coefficient (Wildman–Crippen LogP) is -1.67. The SMILES string of the molecule is Cc1nccn1P(=O)(O)C[C@H]1O[C@@H](n2cnc3c(N)ncnc32)CC1OP(=O)(O)OC[C@H]1O[C@@H](n2cc(C#CCOC(=O)C(N)CC(=O)O)c(=O)[nH]c2=O)CC1O. The molecule has 2 fully saturated rings. The van der Waals surface area contributed by atoms with Gasteiger partial charge in [-0.05, 0) is 6.92 Å². The van der Waals surface area contributed by atoms with Gasteiger partial charge in [-0.2, -0.15) is 0 Å². The molecule has 0 amide bonds. The standard InChI is InChI=1S/C30H36N10O15P2/c1-15-33-4-5-40(15)56(47,48)12-21-19(9-23(54-21)39-14-36-25-26(32)34-13-35-27(25)39)55-57(49,50)52-11-20-18(41)8-22(53-20)38-10-16(28(44)37-30(38)46)3-2-6-51-29(45)17(31)7-24(42)43/h4-5,10,13-14,17-23,41H,6-9,11-12,31H2,1H3,(H,42,43)(H,47,48)(H,49,50)(H2,32,34,35)(H,37,44,46)/t17?,18?,19?,20-,21-,22-,23-/m1/s1. The highest BCUT2D eigenvalue weighted by Crippen LogP contribution is 2.52. The number of anilines is 1. The van der Waals surface area contributed by atoms with Crippen molar-refractivity contribution < 1.29 is 62.0 Å². The molecule has 2 aliphatic rings. The van der Waals surface area contributed by atoms with Gasteiger partial charge in [0.15, 0.2) is 18.1 Å². The van der Waals surface area contributed by atoms with Crippen molar-refractivity contribution in [1.29, 1.82) is 0 Å². The van der Waals surface area contributed by atoms with Crippen LogP contribution in [0.25, 0.3) is 11.2 Å². The number of carboxylic acid groups (broad SMARTS) is 1. The third-order valence-electron chi connectivity index (χ3n) is 8.79. The topological polar surface area (TPSA) is 364 Å². The molecule has 2 saturated heterocycles. The molecule has 57 heavy (non-hydrogen) atoms. The third-order valence-corrected chi connectivity index (χ3v) is 11.7. The number of aromatic nitrogens is 8. The summed E-state index contributed by atoms with van der Waals surface area (Å²) in [6.45, 7) is 0.224. The monoisotopic (exact) mass is 838 g/mol. The Morgan fingerprint density at radius 2 is 1.84 bits per heavy atom. The number of esters is 1. The molecule has 0 bridgehead atoms. The Hall–Kier alpha value is -5.12. The van der Waals surface area contributed by atoms with Crippen molar-refractivity contribution in [3.63, 3.8) is 0 Å². The number of carboxylic acids is 1. The summed E-state index contributed by atoms with van der Waals surface area (Å²) in [7, 11) is -9.28. The highest BCUT2D eigenvalue weighted by atomic mass is 31.2. The summed E-state index contributed by atoms with van der Waals surface area (Å²) < 4.78 is 57.6. The number of nitrogens with two attached hydrogens (primary N) is 2. The van der Waals surface area contributed by atoms with Gasteiger partial charge in [-0.1, -0.05) is 11.8 Å². The number of aromatic amines is 1. The zero-order valence-corrected chi connectivity index (χ0v) is 31.4. The van der Waals surface area contributed by atoms with Crippen LogP contribution in [-0.2, 0) is 42.0 Å². The Bertz CT molecular complexity index is 2440. The number of carbonyl (C=O) groups is 2. The van der Waals surface area contributed by atoms with Crippen molar-refractivity contribution in [2.45, 2.75) is 69.1 Å². The number of imidazole rings is 2. The van der Waals surface area contributed by atoms with Crippen molar-refractivity contribution >= 4 is 44.3 Å². The van der Waals surface area contributed by atoms with Gasteiger partial charge in [-0.3, -0.25) is 46.5 Å². The third kappa shape index (κ3) is 9.54. The van der Waals surface area contributed by atoms with Crippen molar-refractivity contribution in [2.24, 2.45) is 5.73 Å². The van der Waals surface area contributed by atoms with E-state index in [0.717, 1.165) is 15.1 Å². The van der Waals surface area contributed by atoms with E-state index in [1.807, 2.05) is 4.98 Å². The van der Waals surface area contributed by atoms with Gasteiger partial charge in [0.2, 0.25) is 0 Å². The van der Waals surface area contributed by atoms with Crippen LogP contribution in [0.2, 0.25) is 0 Å². The molecule has 0 spiro atoms. The lowest BCUT2D eigenvalue weighted by Crippen LogP contribution is -2.34. The number of aliphatic hydroxyl groups excluding tert-OH is 1. The second-order valence-corrected chi connectivity index (χ2v) is 16.3. The van der Waals surface area contributed by atoms with Crippen molar-refractivity contribution in [2.75, 3.05) is 25.1 Å². The summed E-state index contributed by atoms with van der Waals surface area (Å²) in [5.74, 6) is 2.76. The van der Waals surface area contributed by atoms with Crippen LogP contribution in [0.4, 0.5) is 5.82 Å². The number of aliphatic carboxylic acids is 1. The van der Waals surface area contributed by atoms with Crippen LogP contribution in [0.1, 0.15) is 43.1 Å². The number of phosphoric acid groups is 1. The molecule has 4 aromatic heterocycles. The molecule has 27 heteroatoms. The lowest BCUT2D eigenvalue weighted by Gasteiger charge is -2.24. The quantitative estimate of drug-likeness (QED) is 0.0424. The molecule has 6 rings (SSSR count). The van der Waals surface area contributed by atoms with Gasteiger partial charge in [-0.15, -0.1) is 0 Å². The van der Waals surface area contributed by atoms with Crippen LogP contribution >= 0.6 is 15.3 Å². The van der Waals surface area contributed by atoms with E-state index in [2.05, 4.69) is 31.8 Å². The number of fused-ring (bicyclic) bond motifs is 1. The lowest BCUT2D eigenvalue weighted by atomic mass is 10.2. The first-order chi connectivity index (χ1) is 26.9. The van der Waals surface area contributed by atoms with E-state index < -0.39 is 107 Å². The molecule has 25 nitrogen and oxygen atoms in total. The smallest absolute Gasteiger partial charge is 0.472 e. The van der Waals surface area contributed by atoms with Gasteiger partial charge in [0.25, 0.3) is 5.56 Å². The van der Waals surface area contributed by atoms with E-state index in [4.69, 9.17) is 39.8 Å². The molecule has 6 heterocycles. The minimum absolute atomic E-state index is 0.0843. The first-order valence-corrected chi connectivity index (χ1v) is 20.1. The van der Waals surface area contributed by atoms with Crippen LogP contribution in [0.15, 0.2) is 40.8 Å². The molecular formula is C30H36N10O15P2. The number of phosphoric ester groups is 1. The van der Waals surface area contributed by atoms with E-state index in [9.17, 15) is 43.2 Å². The summed E-state index contributed by atoms with van der Waals surface area (Å²) in [5.41, 5.74) is 9.73.